The molecule has 2 heterocycles. The number of thiazole rings is 1. The number of hydrogen-bond acceptors (Lipinski definition) is 6. The van der Waals surface area contributed by atoms with Crippen molar-refractivity contribution < 1.29 is 9.18 Å². The summed E-state index contributed by atoms with van der Waals surface area (Å²) >= 11 is 1.30. The molecule has 0 aliphatic heterocycles. The fourth-order valence-corrected chi connectivity index (χ4v) is 3.24. The Labute approximate surface area is 157 Å². The van der Waals surface area contributed by atoms with E-state index in [9.17, 15) is 9.18 Å². The fourth-order valence-electron chi connectivity index (χ4n) is 2.51. The minimum Gasteiger partial charge on any atom is -0.302 e. The zero-order valence-electron chi connectivity index (χ0n) is 13.9. The van der Waals surface area contributed by atoms with Crippen molar-refractivity contribution in [2.24, 2.45) is 0 Å². The van der Waals surface area contributed by atoms with Crippen LogP contribution in [0.5, 0.6) is 0 Å². The SMILES string of the molecule is O=C(Cc1ccc(-n2cnnn2)cc1)Nc1nc(-c2cccc(F)c2)cs1. The molecule has 0 aliphatic carbocycles. The third-order valence-corrected chi connectivity index (χ3v) is 4.54. The minimum absolute atomic E-state index is 0.176. The first-order chi connectivity index (χ1) is 13.2. The third-order valence-electron chi connectivity index (χ3n) is 3.79. The van der Waals surface area contributed by atoms with Crippen molar-refractivity contribution in [3.05, 3.63) is 71.6 Å². The van der Waals surface area contributed by atoms with Gasteiger partial charge < -0.3 is 5.32 Å². The summed E-state index contributed by atoms with van der Waals surface area (Å²) in [6, 6.07) is 13.6. The minimum atomic E-state index is -0.323. The Morgan fingerprint density at radius 1 is 1.19 bits per heavy atom. The summed E-state index contributed by atoms with van der Waals surface area (Å²) in [5.74, 6) is -0.499. The Kier molecular flexibility index (Phi) is 4.67. The molecule has 27 heavy (non-hydrogen) atoms. The largest absolute Gasteiger partial charge is 0.302 e. The van der Waals surface area contributed by atoms with Gasteiger partial charge in [0.1, 0.15) is 12.1 Å². The summed E-state index contributed by atoms with van der Waals surface area (Å²) in [6.07, 6.45) is 1.71. The fraction of sp³-hybridized carbons (Fsp3) is 0.0556. The molecule has 0 fully saturated rings. The van der Waals surface area contributed by atoms with Crippen LogP contribution in [-0.4, -0.2) is 31.1 Å². The molecule has 0 aliphatic rings. The quantitative estimate of drug-likeness (QED) is 0.575. The van der Waals surface area contributed by atoms with E-state index in [0.717, 1.165) is 11.3 Å². The lowest BCUT2D eigenvalue weighted by Gasteiger charge is -2.04. The molecule has 0 saturated carbocycles. The van der Waals surface area contributed by atoms with Gasteiger partial charge in [-0.25, -0.2) is 14.1 Å². The molecule has 0 spiro atoms. The van der Waals surface area contributed by atoms with E-state index in [2.05, 4.69) is 25.8 Å². The Bertz CT molecular complexity index is 1060. The van der Waals surface area contributed by atoms with E-state index in [-0.39, 0.29) is 18.1 Å². The average molecular weight is 380 g/mol. The van der Waals surface area contributed by atoms with E-state index in [0.29, 0.717) is 16.4 Å². The maximum atomic E-state index is 13.3. The van der Waals surface area contributed by atoms with E-state index < -0.39 is 0 Å². The van der Waals surface area contributed by atoms with Crippen molar-refractivity contribution in [3.8, 4) is 16.9 Å². The van der Waals surface area contributed by atoms with E-state index in [1.165, 1.54) is 34.5 Å². The second kappa shape index (κ2) is 7.42. The first-order valence-corrected chi connectivity index (χ1v) is 8.89. The van der Waals surface area contributed by atoms with E-state index in [1.807, 2.05) is 24.3 Å². The van der Waals surface area contributed by atoms with Gasteiger partial charge in [-0.05, 0) is 40.3 Å². The molecule has 4 rings (SSSR count). The molecule has 9 heteroatoms. The van der Waals surface area contributed by atoms with Crippen LogP contribution in [-0.2, 0) is 11.2 Å². The summed E-state index contributed by atoms with van der Waals surface area (Å²) in [7, 11) is 0. The molecule has 134 valence electrons. The van der Waals surface area contributed by atoms with Crippen LogP contribution in [0.4, 0.5) is 9.52 Å². The molecule has 2 aromatic heterocycles. The van der Waals surface area contributed by atoms with Crippen LogP contribution < -0.4 is 5.32 Å². The van der Waals surface area contributed by atoms with Gasteiger partial charge in [0.15, 0.2) is 5.13 Å². The van der Waals surface area contributed by atoms with Crippen molar-refractivity contribution in [3.63, 3.8) is 0 Å². The van der Waals surface area contributed by atoms with Crippen molar-refractivity contribution in [2.45, 2.75) is 6.42 Å². The third kappa shape index (κ3) is 4.04. The standard InChI is InChI=1S/C18H13FN6OS/c19-14-3-1-2-13(9-14)16-10-27-18(21-16)22-17(26)8-12-4-6-15(7-5-12)25-11-20-23-24-25/h1-7,9-11H,8H2,(H,21,22,26). The molecule has 7 nitrogen and oxygen atoms in total. The molecule has 0 saturated heterocycles. The van der Waals surface area contributed by atoms with Gasteiger partial charge in [-0.1, -0.05) is 24.3 Å². The van der Waals surface area contributed by atoms with Gasteiger partial charge in [0.25, 0.3) is 0 Å². The lowest BCUT2D eigenvalue weighted by atomic mass is 10.1. The van der Waals surface area contributed by atoms with Gasteiger partial charge in [0.2, 0.25) is 5.91 Å². The zero-order valence-corrected chi connectivity index (χ0v) is 14.7. The first kappa shape index (κ1) is 17.0. The monoisotopic (exact) mass is 380 g/mol. The molecular weight excluding hydrogens is 367 g/mol. The second-order valence-electron chi connectivity index (χ2n) is 5.69. The summed E-state index contributed by atoms with van der Waals surface area (Å²) in [5.41, 5.74) is 2.96. The van der Waals surface area contributed by atoms with Crippen LogP contribution in [0, 0.1) is 5.82 Å². The summed E-state index contributed by atoms with van der Waals surface area (Å²) in [5, 5.41) is 16.0. The molecule has 1 N–H and O–H groups in total. The van der Waals surface area contributed by atoms with Crippen LogP contribution >= 0.6 is 11.3 Å². The summed E-state index contributed by atoms with van der Waals surface area (Å²) < 4.78 is 14.9. The molecule has 0 radical (unpaired) electrons. The van der Waals surface area contributed by atoms with Crippen LogP contribution in [0.25, 0.3) is 16.9 Å². The molecule has 0 atom stereocenters. The number of nitrogens with one attached hydrogen (secondary N) is 1. The highest BCUT2D eigenvalue weighted by Crippen LogP contribution is 2.25. The van der Waals surface area contributed by atoms with Crippen LogP contribution in [0.15, 0.2) is 60.2 Å². The topological polar surface area (TPSA) is 85.6 Å². The number of halogens is 1. The number of amides is 1. The Hall–Kier alpha value is -3.46. The van der Waals surface area contributed by atoms with Gasteiger partial charge in [-0.3, -0.25) is 4.79 Å². The highest BCUT2D eigenvalue weighted by Gasteiger charge is 2.10. The summed E-state index contributed by atoms with van der Waals surface area (Å²) in [6.45, 7) is 0. The number of aromatic nitrogens is 5. The van der Waals surface area contributed by atoms with Gasteiger partial charge in [-0.15, -0.1) is 16.4 Å². The van der Waals surface area contributed by atoms with Gasteiger partial charge in [-0.2, -0.15) is 0 Å². The predicted octanol–water partition coefficient (Wildman–Crippen LogP) is 3.11. The predicted molar refractivity (Wildman–Crippen MR) is 99.0 cm³/mol. The van der Waals surface area contributed by atoms with Crippen LogP contribution in [0.3, 0.4) is 0 Å². The molecule has 2 aromatic carbocycles. The number of benzene rings is 2. The lowest BCUT2D eigenvalue weighted by molar-refractivity contribution is -0.115. The van der Waals surface area contributed by atoms with Crippen LogP contribution in [0.1, 0.15) is 5.56 Å². The molecule has 0 unspecified atom stereocenters. The van der Waals surface area contributed by atoms with E-state index in [1.54, 1.807) is 17.5 Å². The highest BCUT2D eigenvalue weighted by atomic mass is 32.1. The molecule has 4 aromatic rings. The number of carbonyl (C=O) groups excluding carboxylic acids is 1. The molecule has 0 bridgehead atoms. The highest BCUT2D eigenvalue weighted by molar-refractivity contribution is 7.14. The maximum Gasteiger partial charge on any atom is 0.230 e. The second-order valence-corrected chi connectivity index (χ2v) is 6.55. The Balaban J connectivity index is 1.40. The number of nitrogens with zero attached hydrogens (tertiary/aromatic N) is 5. The van der Waals surface area contributed by atoms with Gasteiger partial charge in [0.05, 0.1) is 17.8 Å². The number of carbonyl (C=O) groups is 1. The number of anilines is 1. The smallest absolute Gasteiger partial charge is 0.230 e. The van der Waals surface area contributed by atoms with Crippen LogP contribution in [0.2, 0.25) is 0 Å². The maximum absolute atomic E-state index is 13.3. The van der Waals surface area contributed by atoms with Gasteiger partial charge in [0, 0.05) is 10.9 Å². The number of tetrazole rings is 1. The van der Waals surface area contributed by atoms with Crippen molar-refractivity contribution in [1.29, 1.82) is 0 Å². The Morgan fingerprint density at radius 2 is 2.04 bits per heavy atom. The molecule has 1 amide bonds. The van der Waals surface area contributed by atoms with Gasteiger partial charge >= 0.3 is 0 Å². The zero-order chi connectivity index (χ0) is 18.6. The Morgan fingerprint density at radius 3 is 2.78 bits per heavy atom. The normalized spacial score (nSPS) is 10.7. The number of rotatable bonds is 5. The average Bonchev–Trinajstić information content (AvgIpc) is 3.34. The van der Waals surface area contributed by atoms with Crippen molar-refractivity contribution in [1.82, 2.24) is 25.2 Å². The molecular formula is C18H13FN6OS. The van der Waals surface area contributed by atoms with Crippen molar-refractivity contribution in [2.75, 3.05) is 5.32 Å². The summed E-state index contributed by atoms with van der Waals surface area (Å²) in [4.78, 5) is 16.6. The van der Waals surface area contributed by atoms with E-state index in [4.69, 9.17) is 0 Å². The van der Waals surface area contributed by atoms with E-state index >= 15 is 0 Å². The first-order valence-electron chi connectivity index (χ1n) is 8.01. The van der Waals surface area contributed by atoms with Crippen molar-refractivity contribution >= 4 is 22.4 Å². The number of hydrogen-bond donors (Lipinski definition) is 1. The lowest BCUT2D eigenvalue weighted by Crippen LogP contribution is -2.14.